The fourth-order valence-electron chi connectivity index (χ4n) is 2.46. The van der Waals surface area contributed by atoms with Gasteiger partial charge in [0, 0.05) is 30.8 Å². The number of carbonyl (C=O) groups excluding carboxylic acids is 1. The number of rotatable bonds is 10. The van der Waals surface area contributed by atoms with E-state index >= 15 is 0 Å². The van der Waals surface area contributed by atoms with Crippen molar-refractivity contribution in [3.05, 3.63) is 39.9 Å². The largest absolute Gasteiger partial charge is 0.416 e. The van der Waals surface area contributed by atoms with Gasteiger partial charge in [0.15, 0.2) is 0 Å². The second kappa shape index (κ2) is 10.7. The number of ether oxygens (including phenoxy) is 3. The molecule has 2 rings (SSSR count). The number of nitrogens with zero attached hydrogens (tertiary/aromatic N) is 2. The number of hydrogen-bond acceptors (Lipinski definition) is 5. The molecule has 0 saturated heterocycles. The Hall–Kier alpha value is -2.00. The number of aryl methyl sites for hydroxylation is 1. The number of alkyl halides is 2. The van der Waals surface area contributed by atoms with E-state index in [0.29, 0.717) is 29.4 Å². The summed E-state index contributed by atoms with van der Waals surface area (Å²) in [5, 5.41) is 4.44. The number of aromatic nitrogens is 2. The minimum atomic E-state index is -3.03. The van der Waals surface area contributed by atoms with E-state index in [9.17, 15) is 13.6 Å². The summed E-state index contributed by atoms with van der Waals surface area (Å²) in [4.78, 5) is 12.3. The first-order chi connectivity index (χ1) is 13.8. The molecule has 0 N–H and O–H groups in total. The molecule has 0 unspecified atom stereocenters. The van der Waals surface area contributed by atoms with E-state index in [1.54, 1.807) is 32.0 Å². The predicted octanol–water partition coefficient (Wildman–Crippen LogP) is 4.98. The molecule has 0 saturated carbocycles. The van der Waals surface area contributed by atoms with Crippen LogP contribution in [0.25, 0.3) is 17.3 Å². The molecule has 0 fully saturated rings. The lowest BCUT2D eigenvalue weighted by Gasteiger charge is -2.13. The van der Waals surface area contributed by atoms with Crippen molar-refractivity contribution in [2.24, 2.45) is 7.05 Å². The molecule has 2 aromatic rings. The highest BCUT2D eigenvalue weighted by Crippen LogP contribution is 2.36. The third kappa shape index (κ3) is 5.99. The van der Waals surface area contributed by atoms with Gasteiger partial charge in [0.1, 0.15) is 10.7 Å². The van der Waals surface area contributed by atoms with E-state index in [1.807, 2.05) is 0 Å². The minimum absolute atomic E-state index is 0.0612. The third-order valence-electron chi connectivity index (χ3n) is 3.71. The van der Waals surface area contributed by atoms with Crippen LogP contribution in [0.2, 0.25) is 10.0 Å². The van der Waals surface area contributed by atoms with Gasteiger partial charge in [-0.15, -0.1) is 0 Å². The summed E-state index contributed by atoms with van der Waals surface area (Å²) in [5.41, 5.74) is 1.25. The van der Waals surface area contributed by atoms with Gasteiger partial charge >= 0.3 is 6.61 Å². The van der Waals surface area contributed by atoms with Crippen molar-refractivity contribution < 1.29 is 27.8 Å². The van der Waals surface area contributed by atoms with Crippen LogP contribution in [0.3, 0.4) is 0 Å². The van der Waals surface area contributed by atoms with Crippen molar-refractivity contribution in [3.8, 4) is 17.1 Å². The summed E-state index contributed by atoms with van der Waals surface area (Å²) in [7, 11) is 1.43. The highest BCUT2D eigenvalue weighted by atomic mass is 35.5. The number of benzene rings is 1. The van der Waals surface area contributed by atoms with Crippen molar-refractivity contribution in [1.82, 2.24) is 9.78 Å². The molecule has 0 aliphatic heterocycles. The fourth-order valence-corrected chi connectivity index (χ4v) is 2.96. The molecule has 0 amide bonds. The van der Waals surface area contributed by atoms with Crippen LogP contribution in [-0.2, 0) is 21.3 Å². The van der Waals surface area contributed by atoms with Crippen LogP contribution in [-0.4, -0.2) is 41.7 Å². The second-order valence-electron chi connectivity index (χ2n) is 5.68. The maximum Gasteiger partial charge on any atom is 0.388 e. The highest BCUT2D eigenvalue weighted by molar-refractivity contribution is 6.34. The molecule has 0 radical (unpaired) electrons. The Morgan fingerprint density at radius 3 is 2.48 bits per heavy atom. The summed E-state index contributed by atoms with van der Waals surface area (Å²) in [6.45, 7) is 1.12. The summed E-state index contributed by atoms with van der Waals surface area (Å²) in [6.07, 6.45) is 1.81. The minimum Gasteiger partial charge on any atom is -0.416 e. The zero-order valence-electron chi connectivity index (χ0n) is 16.0. The maximum atomic E-state index is 12.6. The summed E-state index contributed by atoms with van der Waals surface area (Å²) in [5.74, 6) is -0.631. The van der Waals surface area contributed by atoms with E-state index in [4.69, 9.17) is 32.7 Å². The number of halogens is 4. The predicted molar refractivity (Wildman–Crippen MR) is 106 cm³/mol. The zero-order valence-corrected chi connectivity index (χ0v) is 17.5. The van der Waals surface area contributed by atoms with Crippen molar-refractivity contribution in [2.45, 2.75) is 26.7 Å². The number of hydrogen-bond donors (Lipinski definition) is 0. The van der Waals surface area contributed by atoms with Gasteiger partial charge in [-0.2, -0.15) is 13.9 Å². The Labute approximate surface area is 176 Å². The Balaban J connectivity index is 2.32. The van der Waals surface area contributed by atoms with Gasteiger partial charge in [0.2, 0.25) is 18.0 Å². The van der Waals surface area contributed by atoms with Crippen LogP contribution in [0.5, 0.6) is 5.88 Å². The van der Waals surface area contributed by atoms with Gasteiger partial charge in [0.25, 0.3) is 0 Å². The topological polar surface area (TPSA) is 62.6 Å². The van der Waals surface area contributed by atoms with Gasteiger partial charge in [-0.1, -0.05) is 29.3 Å². The van der Waals surface area contributed by atoms with Crippen molar-refractivity contribution >= 4 is 35.1 Å². The molecular weight excluding hydrogens is 429 g/mol. The smallest absolute Gasteiger partial charge is 0.388 e. The molecule has 1 aromatic heterocycles. The van der Waals surface area contributed by atoms with Gasteiger partial charge < -0.3 is 14.2 Å². The van der Waals surface area contributed by atoms with Crippen LogP contribution in [0.1, 0.15) is 19.4 Å². The lowest BCUT2D eigenvalue weighted by atomic mass is 10.1. The molecule has 0 spiro atoms. The zero-order chi connectivity index (χ0) is 21.6. The SMILES string of the molecule is CCOC(OCC)C(=O)C=Cc1cc(-c2nn(C)c(OC(F)F)c2Cl)ccc1Cl. The summed E-state index contributed by atoms with van der Waals surface area (Å²) >= 11 is 12.4. The van der Waals surface area contributed by atoms with E-state index in [1.165, 1.54) is 19.2 Å². The Kier molecular flexibility index (Phi) is 8.58. The van der Waals surface area contributed by atoms with Crippen LogP contribution < -0.4 is 4.74 Å². The Morgan fingerprint density at radius 2 is 1.90 bits per heavy atom. The van der Waals surface area contributed by atoms with Crippen molar-refractivity contribution in [3.63, 3.8) is 0 Å². The average Bonchev–Trinajstić information content (AvgIpc) is 2.94. The quantitative estimate of drug-likeness (QED) is 0.378. The first kappa shape index (κ1) is 23.3. The van der Waals surface area contributed by atoms with Crippen LogP contribution >= 0.6 is 23.2 Å². The van der Waals surface area contributed by atoms with Gasteiger partial charge in [-0.05, 0) is 43.7 Å². The van der Waals surface area contributed by atoms with E-state index in [0.717, 1.165) is 4.68 Å². The maximum absolute atomic E-state index is 12.6. The average molecular weight is 449 g/mol. The Bertz CT molecular complexity index is 881. The fraction of sp³-hybridized carbons (Fsp3) is 0.368. The second-order valence-corrected chi connectivity index (χ2v) is 6.47. The molecule has 1 heterocycles. The highest BCUT2D eigenvalue weighted by Gasteiger charge is 2.21. The molecule has 158 valence electrons. The molecule has 6 nitrogen and oxygen atoms in total. The van der Waals surface area contributed by atoms with Gasteiger partial charge in [0.05, 0.1) is 0 Å². The van der Waals surface area contributed by atoms with Crippen molar-refractivity contribution in [1.29, 1.82) is 0 Å². The van der Waals surface area contributed by atoms with Crippen molar-refractivity contribution in [2.75, 3.05) is 13.2 Å². The van der Waals surface area contributed by atoms with Gasteiger partial charge in [-0.3, -0.25) is 4.79 Å². The molecule has 0 aliphatic rings. The van der Waals surface area contributed by atoms with Crippen LogP contribution in [0.4, 0.5) is 8.78 Å². The normalized spacial score (nSPS) is 11.8. The number of carbonyl (C=O) groups is 1. The monoisotopic (exact) mass is 448 g/mol. The van der Waals surface area contributed by atoms with Crippen LogP contribution in [0, 0.1) is 0 Å². The first-order valence-corrected chi connectivity index (χ1v) is 9.46. The van der Waals surface area contributed by atoms with Crippen LogP contribution in [0.15, 0.2) is 24.3 Å². The molecule has 0 aliphatic carbocycles. The lowest BCUT2D eigenvalue weighted by Crippen LogP contribution is -2.26. The molecule has 0 atom stereocenters. The number of ketones is 1. The standard InChI is InChI=1S/C19H20Cl2F2N2O4/c1-4-27-18(28-5-2)14(26)9-7-11-10-12(6-8-13(11)20)16-15(21)17(25(3)24-16)29-19(22)23/h6-10,18-19H,4-5H2,1-3H3. The third-order valence-corrected chi connectivity index (χ3v) is 4.39. The molecule has 10 heteroatoms. The summed E-state index contributed by atoms with van der Waals surface area (Å²) < 4.78 is 41.2. The Morgan fingerprint density at radius 1 is 1.24 bits per heavy atom. The lowest BCUT2D eigenvalue weighted by molar-refractivity contribution is -0.162. The first-order valence-electron chi connectivity index (χ1n) is 8.70. The van der Waals surface area contributed by atoms with E-state index < -0.39 is 12.9 Å². The molecule has 1 aromatic carbocycles. The molecule has 29 heavy (non-hydrogen) atoms. The van der Waals surface area contributed by atoms with E-state index in [2.05, 4.69) is 9.84 Å². The molecule has 0 bridgehead atoms. The molecular formula is C19H20Cl2F2N2O4. The summed E-state index contributed by atoms with van der Waals surface area (Å²) in [6, 6.07) is 4.84. The van der Waals surface area contributed by atoms with E-state index in [-0.39, 0.29) is 22.4 Å². The van der Waals surface area contributed by atoms with Gasteiger partial charge in [-0.25, -0.2) is 4.68 Å².